The molecule has 2 unspecified atom stereocenters. The Morgan fingerprint density at radius 3 is 2.40 bits per heavy atom. The van der Waals surface area contributed by atoms with Crippen LogP contribution in [0.3, 0.4) is 0 Å². The third kappa shape index (κ3) is 5.72. The predicted octanol–water partition coefficient (Wildman–Crippen LogP) is 3.97. The molecule has 0 aliphatic heterocycles. The predicted molar refractivity (Wildman–Crippen MR) is 55.2 cm³/mol. The van der Waals surface area contributed by atoms with Gasteiger partial charge >= 0.3 is 0 Å². The fourth-order valence-corrected chi connectivity index (χ4v) is 2.87. The van der Waals surface area contributed by atoms with Gasteiger partial charge in [-0.25, -0.2) is 0 Å². The SMILES string of the molecule is CCC(C)CC(Br)CCBr. The molecule has 62 valence electrons. The Morgan fingerprint density at radius 2 is 2.00 bits per heavy atom. The number of rotatable bonds is 5. The van der Waals surface area contributed by atoms with Crippen LogP contribution in [0.25, 0.3) is 0 Å². The summed E-state index contributed by atoms with van der Waals surface area (Å²) in [6.45, 7) is 4.56. The first-order chi connectivity index (χ1) is 4.70. The van der Waals surface area contributed by atoms with E-state index in [0.29, 0.717) is 4.83 Å². The van der Waals surface area contributed by atoms with Crippen molar-refractivity contribution in [3.8, 4) is 0 Å². The molecule has 0 aromatic rings. The van der Waals surface area contributed by atoms with Crippen LogP contribution in [-0.4, -0.2) is 10.2 Å². The van der Waals surface area contributed by atoms with E-state index in [1.807, 2.05) is 0 Å². The molecule has 0 aromatic carbocycles. The second-order valence-corrected chi connectivity index (χ2v) is 4.91. The van der Waals surface area contributed by atoms with Crippen LogP contribution in [0.1, 0.15) is 33.1 Å². The summed E-state index contributed by atoms with van der Waals surface area (Å²) in [5.74, 6) is 0.864. The van der Waals surface area contributed by atoms with Crippen molar-refractivity contribution in [2.75, 3.05) is 5.33 Å². The maximum Gasteiger partial charge on any atom is 0.0156 e. The average molecular weight is 272 g/mol. The second kappa shape index (κ2) is 6.66. The van der Waals surface area contributed by atoms with Gasteiger partial charge in [0.15, 0.2) is 0 Å². The van der Waals surface area contributed by atoms with Gasteiger partial charge in [-0.3, -0.25) is 0 Å². The van der Waals surface area contributed by atoms with Gasteiger partial charge in [0.2, 0.25) is 0 Å². The third-order valence-electron chi connectivity index (χ3n) is 1.78. The topological polar surface area (TPSA) is 0 Å². The first-order valence-corrected chi connectivity index (χ1v) is 5.94. The lowest BCUT2D eigenvalue weighted by atomic mass is 10.0. The highest BCUT2D eigenvalue weighted by atomic mass is 79.9. The van der Waals surface area contributed by atoms with Crippen LogP contribution >= 0.6 is 31.9 Å². The van der Waals surface area contributed by atoms with Crippen molar-refractivity contribution >= 4 is 31.9 Å². The van der Waals surface area contributed by atoms with E-state index in [1.165, 1.54) is 19.3 Å². The number of alkyl halides is 2. The fourth-order valence-electron chi connectivity index (χ4n) is 0.840. The highest BCUT2D eigenvalue weighted by Gasteiger charge is 2.06. The van der Waals surface area contributed by atoms with Crippen molar-refractivity contribution in [2.24, 2.45) is 5.92 Å². The van der Waals surface area contributed by atoms with Gasteiger partial charge in [-0.05, 0) is 18.8 Å². The number of hydrogen-bond donors (Lipinski definition) is 0. The normalized spacial score (nSPS) is 16.8. The van der Waals surface area contributed by atoms with Crippen molar-refractivity contribution in [1.29, 1.82) is 0 Å². The smallest absolute Gasteiger partial charge is 0.0156 e. The average Bonchev–Trinajstić information content (AvgIpc) is 1.88. The molecule has 0 bridgehead atoms. The maximum absolute atomic E-state index is 3.65. The van der Waals surface area contributed by atoms with Gasteiger partial charge in [0, 0.05) is 10.2 Å². The molecule has 0 rings (SSSR count). The molecule has 0 aliphatic carbocycles. The van der Waals surface area contributed by atoms with Crippen molar-refractivity contribution < 1.29 is 0 Å². The fraction of sp³-hybridized carbons (Fsp3) is 1.00. The van der Waals surface area contributed by atoms with E-state index in [0.717, 1.165) is 11.2 Å². The van der Waals surface area contributed by atoms with Crippen molar-refractivity contribution in [1.82, 2.24) is 0 Å². The van der Waals surface area contributed by atoms with Crippen LogP contribution in [0.5, 0.6) is 0 Å². The summed E-state index contributed by atoms with van der Waals surface area (Å²) in [5, 5.41) is 1.11. The van der Waals surface area contributed by atoms with E-state index in [1.54, 1.807) is 0 Å². The highest BCUT2D eigenvalue weighted by molar-refractivity contribution is 9.10. The summed E-state index contributed by atoms with van der Waals surface area (Å²) in [6.07, 6.45) is 3.84. The first-order valence-electron chi connectivity index (χ1n) is 3.90. The molecule has 0 radical (unpaired) electrons. The van der Waals surface area contributed by atoms with E-state index in [2.05, 4.69) is 45.7 Å². The molecule has 0 heterocycles. The van der Waals surface area contributed by atoms with Crippen molar-refractivity contribution in [3.63, 3.8) is 0 Å². The Hall–Kier alpha value is 0.960. The number of hydrogen-bond acceptors (Lipinski definition) is 0. The largest absolute Gasteiger partial charge is 0.0928 e. The van der Waals surface area contributed by atoms with Crippen molar-refractivity contribution in [2.45, 2.75) is 37.9 Å². The molecule has 0 nitrogen and oxygen atoms in total. The Kier molecular flexibility index (Phi) is 7.30. The minimum Gasteiger partial charge on any atom is -0.0928 e. The van der Waals surface area contributed by atoms with Crippen LogP contribution in [0.4, 0.5) is 0 Å². The number of halogens is 2. The Labute approximate surface area is 81.0 Å². The van der Waals surface area contributed by atoms with Crippen LogP contribution in [0.2, 0.25) is 0 Å². The zero-order valence-electron chi connectivity index (χ0n) is 6.74. The maximum atomic E-state index is 3.65. The Morgan fingerprint density at radius 1 is 1.40 bits per heavy atom. The summed E-state index contributed by atoms with van der Waals surface area (Å²) < 4.78 is 0. The molecule has 0 fully saturated rings. The van der Waals surface area contributed by atoms with Gasteiger partial charge in [-0.15, -0.1) is 0 Å². The van der Waals surface area contributed by atoms with E-state index in [9.17, 15) is 0 Å². The molecule has 2 heteroatoms. The molecule has 0 spiro atoms. The van der Waals surface area contributed by atoms with Gasteiger partial charge in [0.1, 0.15) is 0 Å². The van der Waals surface area contributed by atoms with Crippen LogP contribution in [-0.2, 0) is 0 Å². The molecule has 0 N–H and O–H groups in total. The zero-order valence-corrected chi connectivity index (χ0v) is 9.91. The summed E-state index contributed by atoms with van der Waals surface area (Å²) in [4.78, 5) is 0.710. The summed E-state index contributed by atoms with van der Waals surface area (Å²) in [5.41, 5.74) is 0. The summed E-state index contributed by atoms with van der Waals surface area (Å²) in [7, 11) is 0. The second-order valence-electron chi connectivity index (χ2n) is 2.82. The van der Waals surface area contributed by atoms with E-state index < -0.39 is 0 Å². The van der Waals surface area contributed by atoms with Crippen LogP contribution in [0.15, 0.2) is 0 Å². The monoisotopic (exact) mass is 270 g/mol. The molecule has 0 aliphatic rings. The molecule has 2 atom stereocenters. The zero-order chi connectivity index (χ0) is 7.98. The minimum absolute atomic E-state index is 0.710. The van der Waals surface area contributed by atoms with Crippen LogP contribution < -0.4 is 0 Å². The lowest BCUT2D eigenvalue weighted by molar-refractivity contribution is 0.505. The first kappa shape index (κ1) is 11.0. The van der Waals surface area contributed by atoms with Gasteiger partial charge in [-0.1, -0.05) is 52.1 Å². The molecule has 0 amide bonds. The van der Waals surface area contributed by atoms with E-state index in [-0.39, 0.29) is 0 Å². The lowest BCUT2D eigenvalue weighted by Gasteiger charge is -2.12. The van der Waals surface area contributed by atoms with E-state index in [4.69, 9.17) is 0 Å². The molecular weight excluding hydrogens is 256 g/mol. The van der Waals surface area contributed by atoms with Crippen LogP contribution in [0, 0.1) is 5.92 Å². The minimum atomic E-state index is 0.710. The molecular formula is C8H16Br2. The molecule has 10 heavy (non-hydrogen) atoms. The molecule has 0 aromatic heterocycles. The van der Waals surface area contributed by atoms with E-state index >= 15 is 0 Å². The standard InChI is InChI=1S/C8H16Br2/c1-3-7(2)6-8(10)4-5-9/h7-8H,3-6H2,1-2H3. The Balaban J connectivity index is 3.27. The van der Waals surface area contributed by atoms with Gasteiger partial charge in [0.05, 0.1) is 0 Å². The lowest BCUT2D eigenvalue weighted by Crippen LogP contribution is -2.04. The summed E-state index contributed by atoms with van der Waals surface area (Å²) in [6, 6.07) is 0. The van der Waals surface area contributed by atoms with Gasteiger partial charge < -0.3 is 0 Å². The summed E-state index contributed by atoms with van der Waals surface area (Å²) >= 11 is 7.08. The van der Waals surface area contributed by atoms with Gasteiger partial charge in [-0.2, -0.15) is 0 Å². The van der Waals surface area contributed by atoms with Crippen molar-refractivity contribution in [3.05, 3.63) is 0 Å². The highest BCUT2D eigenvalue weighted by Crippen LogP contribution is 2.18. The molecule has 0 saturated heterocycles. The quantitative estimate of drug-likeness (QED) is 0.664. The van der Waals surface area contributed by atoms with Gasteiger partial charge in [0.25, 0.3) is 0 Å². The Bertz CT molecular complexity index is 73.7. The molecule has 0 saturated carbocycles. The third-order valence-corrected chi connectivity index (χ3v) is 3.07.